The fourth-order valence-corrected chi connectivity index (χ4v) is 0. The van der Waals surface area contributed by atoms with Crippen molar-refractivity contribution < 1.29 is 4.39 Å². The smallest absolute Gasteiger partial charge is 0.112 e. The Balaban J connectivity index is 3.14. The van der Waals surface area contributed by atoms with Gasteiger partial charge in [0.15, 0.2) is 0 Å². The van der Waals surface area contributed by atoms with Gasteiger partial charge in [-0.15, -0.1) is 0 Å². The highest BCUT2D eigenvalue weighted by Crippen LogP contribution is 2.07. The summed E-state index contributed by atoms with van der Waals surface area (Å²) in [6.07, 6.45) is 0.265. The van der Waals surface area contributed by atoms with E-state index < -0.39 is 0 Å². The lowest BCUT2D eigenvalue weighted by molar-refractivity contribution is 0.722. The fraction of sp³-hybridized carbons (Fsp3) is 0. The van der Waals surface area contributed by atoms with E-state index in [1.54, 1.807) is 0 Å². The molecule has 5 heavy (non-hydrogen) atoms. The van der Waals surface area contributed by atoms with Crippen LogP contribution in [0.3, 0.4) is 0 Å². The molecule has 0 aliphatic heterocycles. The molecule has 0 unspecified atom stereocenters. The molecule has 30 valence electrons. The Morgan fingerprint density at radius 1 is 2.00 bits per heavy atom. The molecular weight excluding hydrogens is 158 g/mol. The van der Waals surface area contributed by atoms with Crippen LogP contribution in [0.1, 0.15) is 0 Å². The zero-order chi connectivity index (χ0) is 4.28. The predicted octanol–water partition coefficient (Wildman–Crippen LogP) is 2.39. The van der Waals surface area contributed by atoms with Crippen LogP contribution in [0.25, 0.3) is 0 Å². The lowest BCUT2D eigenvalue weighted by Crippen LogP contribution is -1.34. The van der Waals surface area contributed by atoms with Crippen LogP contribution in [0.5, 0.6) is 0 Å². The molecule has 0 atom stereocenters. The molecule has 0 N–H and O–H groups in total. The zero-order valence-electron chi connectivity index (χ0n) is 2.21. The second-order valence-corrected chi connectivity index (χ2v) is 2.12. The summed E-state index contributed by atoms with van der Waals surface area (Å²) in [6.45, 7) is 0. The molecule has 0 saturated carbocycles. The Morgan fingerprint density at radius 3 is 2.20 bits per heavy atom. The van der Waals surface area contributed by atoms with E-state index in [1.165, 1.54) is 0 Å². The second kappa shape index (κ2) is 2.67. The van der Waals surface area contributed by atoms with Crippen LogP contribution >= 0.6 is 27.5 Å². The van der Waals surface area contributed by atoms with E-state index in [4.69, 9.17) is 11.6 Å². The van der Waals surface area contributed by atoms with Crippen molar-refractivity contribution in [3.8, 4) is 0 Å². The van der Waals surface area contributed by atoms with E-state index in [0.717, 1.165) is 0 Å². The van der Waals surface area contributed by atoms with Crippen molar-refractivity contribution in [1.29, 1.82) is 0 Å². The standard InChI is InChI=1S/C2HBrClF/c3-2(4)1-5/h1H/b2-1-. The quantitative estimate of drug-likeness (QED) is 0.509. The van der Waals surface area contributed by atoms with Gasteiger partial charge in [-0.05, 0) is 15.9 Å². The summed E-state index contributed by atoms with van der Waals surface area (Å²) >= 11 is 7.49. The lowest BCUT2D eigenvalue weighted by Gasteiger charge is -1.63. The molecule has 0 radical (unpaired) electrons. The Kier molecular flexibility index (Phi) is 2.90. The largest absolute Gasteiger partial charge is 0.213 e. The van der Waals surface area contributed by atoms with Gasteiger partial charge in [-0.1, -0.05) is 11.6 Å². The van der Waals surface area contributed by atoms with E-state index in [2.05, 4.69) is 15.9 Å². The molecule has 0 nitrogen and oxygen atoms in total. The maximum Gasteiger partial charge on any atom is 0.112 e. The zero-order valence-corrected chi connectivity index (χ0v) is 4.55. The van der Waals surface area contributed by atoms with Crippen LogP contribution in [0.2, 0.25) is 0 Å². The Bertz CT molecular complexity index is 47.6. The summed E-state index contributed by atoms with van der Waals surface area (Å²) in [5, 5.41) is 0. The summed E-state index contributed by atoms with van der Waals surface area (Å²) in [5.74, 6) is 0. The summed E-state index contributed by atoms with van der Waals surface area (Å²) < 4.78 is 10.8. The average Bonchev–Trinajstić information content (AvgIpc) is 1.38. The molecule has 0 fully saturated rings. The molecule has 0 heterocycles. The molecule has 0 aromatic heterocycles. The van der Waals surface area contributed by atoms with Gasteiger partial charge in [0.2, 0.25) is 0 Å². The Morgan fingerprint density at radius 2 is 2.20 bits per heavy atom. The van der Waals surface area contributed by atoms with Gasteiger partial charge in [-0.25, -0.2) is 4.39 Å². The van der Waals surface area contributed by atoms with Crippen LogP contribution in [0.4, 0.5) is 4.39 Å². The van der Waals surface area contributed by atoms with E-state index in [9.17, 15) is 4.39 Å². The van der Waals surface area contributed by atoms with Gasteiger partial charge >= 0.3 is 0 Å². The summed E-state index contributed by atoms with van der Waals surface area (Å²) in [4.78, 5) is 0. The summed E-state index contributed by atoms with van der Waals surface area (Å²) in [7, 11) is 0. The first-order chi connectivity index (χ1) is 2.27. The van der Waals surface area contributed by atoms with Crippen molar-refractivity contribution in [3.63, 3.8) is 0 Å². The van der Waals surface area contributed by atoms with Crippen molar-refractivity contribution in [1.82, 2.24) is 0 Å². The number of rotatable bonds is 0. The van der Waals surface area contributed by atoms with Crippen LogP contribution in [-0.4, -0.2) is 0 Å². The fourth-order valence-electron chi connectivity index (χ4n) is 0. The van der Waals surface area contributed by atoms with Gasteiger partial charge in [0.1, 0.15) is 10.3 Å². The molecule has 0 spiro atoms. The molecule has 0 rings (SSSR count). The van der Waals surface area contributed by atoms with Gasteiger partial charge in [-0.3, -0.25) is 0 Å². The highest BCUT2D eigenvalue weighted by molar-refractivity contribution is 9.12. The molecule has 3 heteroatoms. The van der Waals surface area contributed by atoms with E-state index in [-0.39, 0.29) is 10.3 Å². The molecule has 0 aliphatic rings. The molecule has 0 aromatic rings. The third-order valence-electron chi connectivity index (χ3n) is 0.0825. The number of hydrogen-bond donors (Lipinski definition) is 0. The van der Waals surface area contributed by atoms with Crippen LogP contribution in [-0.2, 0) is 0 Å². The van der Waals surface area contributed by atoms with Crippen molar-refractivity contribution in [2.24, 2.45) is 0 Å². The minimum atomic E-state index is -0.00231. The van der Waals surface area contributed by atoms with E-state index >= 15 is 0 Å². The SMILES string of the molecule is F/C=C(\Cl)Br. The number of hydrogen-bond acceptors (Lipinski definition) is 0. The van der Waals surface area contributed by atoms with Gasteiger partial charge in [0, 0.05) is 0 Å². The summed E-state index contributed by atoms with van der Waals surface area (Å²) in [6, 6.07) is 0. The minimum absolute atomic E-state index is 0.00231. The molecule has 0 aromatic carbocycles. The second-order valence-electron chi connectivity index (χ2n) is 0.399. The van der Waals surface area contributed by atoms with Gasteiger partial charge in [-0.2, -0.15) is 0 Å². The van der Waals surface area contributed by atoms with Gasteiger partial charge < -0.3 is 0 Å². The highest BCUT2D eigenvalue weighted by atomic mass is 79.9. The maximum absolute atomic E-state index is 10.8. The number of halogens is 3. The van der Waals surface area contributed by atoms with Gasteiger partial charge in [0.05, 0.1) is 0 Å². The van der Waals surface area contributed by atoms with Crippen LogP contribution in [0.15, 0.2) is 10.3 Å². The lowest BCUT2D eigenvalue weighted by atomic mass is 11.2. The monoisotopic (exact) mass is 158 g/mol. The first-order valence-corrected chi connectivity index (χ1v) is 2.06. The van der Waals surface area contributed by atoms with Crippen LogP contribution in [0, 0.1) is 0 Å². The Labute approximate surface area is 42.8 Å². The Hall–Kier alpha value is 0.440. The maximum atomic E-state index is 10.8. The van der Waals surface area contributed by atoms with Crippen molar-refractivity contribution >= 4 is 27.5 Å². The normalized spacial score (nSPS) is 12.2. The average molecular weight is 159 g/mol. The van der Waals surface area contributed by atoms with E-state index in [0.29, 0.717) is 0 Å². The third kappa shape index (κ3) is 4.44. The first kappa shape index (κ1) is 5.44. The van der Waals surface area contributed by atoms with Crippen molar-refractivity contribution in [2.45, 2.75) is 0 Å². The molecular formula is C2HBrClF. The predicted molar refractivity (Wildman–Crippen MR) is 24.0 cm³/mol. The van der Waals surface area contributed by atoms with E-state index in [1.807, 2.05) is 0 Å². The molecule has 0 bridgehead atoms. The molecule has 0 saturated heterocycles. The topological polar surface area (TPSA) is 0 Å². The van der Waals surface area contributed by atoms with Gasteiger partial charge in [0.25, 0.3) is 0 Å². The molecule has 0 amide bonds. The molecule has 0 aliphatic carbocycles. The first-order valence-electron chi connectivity index (χ1n) is 0.885. The summed E-state index contributed by atoms with van der Waals surface area (Å²) in [5.41, 5.74) is 0. The van der Waals surface area contributed by atoms with Crippen molar-refractivity contribution in [3.05, 3.63) is 10.3 Å². The highest BCUT2D eigenvalue weighted by Gasteiger charge is 1.71. The van der Waals surface area contributed by atoms with Crippen molar-refractivity contribution in [2.75, 3.05) is 0 Å². The minimum Gasteiger partial charge on any atom is -0.213 e. The third-order valence-corrected chi connectivity index (χ3v) is 0.338. The van der Waals surface area contributed by atoms with Crippen LogP contribution < -0.4 is 0 Å².